The van der Waals surface area contributed by atoms with Crippen molar-refractivity contribution in [1.29, 1.82) is 0 Å². The zero-order valence-corrected chi connectivity index (χ0v) is 16.0. The molecule has 1 aromatic carbocycles. The minimum Gasteiger partial charge on any atom is -0.390 e. The summed E-state index contributed by atoms with van der Waals surface area (Å²) < 4.78 is 0. The fourth-order valence-electron chi connectivity index (χ4n) is 4.58. The van der Waals surface area contributed by atoms with Crippen molar-refractivity contribution in [2.75, 3.05) is 44.2 Å². The van der Waals surface area contributed by atoms with Crippen LogP contribution in [0.5, 0.6) is 0 Å². The first-order chi connectivity index (χ1) is 12.6. The molecule has 0 radical (unpaired) electrons. The Kier molecular flexibility index (Phi) is 5.39. The molecule has 26 heavy (non-hydrogen) atoms. The quantitative estimate of drug-likeness (QED) is 0.879. The van der Waals surface area contributed by atoms with Crippen LogP contribution in [0.3, 0.4) is 0 Å². The van der Waals surface area contributed by atoms with Crippen LogP contribution in [0.2, 0.25) is 5.02 Å². The van der Waals surface area contributed by atoms with Crippen LogP contribution in [-0.2, 0) is 0 Å². The van der Waals surface area contributed by atoms with Gasteiger partial charge in [-0.15, -0.1) is 0 Å². The van der Waals surface area contributed by atoms with Crippen molar-refractivity contribution in [3.8, 4) is 0 Å². The van der Waals surface area contributed by atoms with E-state index in [0.717, 1.165) is 31.9 Å². The van der Waals surface area contributed by atoms with Crippen molar-refractivity contribution in [3.63, 3.8) is 0 Å². The highest BCUT2D eigenvalue weighted by molar-refractivity contribution is 6.33. The van der Waals surface area contributed by atoms with Crippen molar-refractivity contribution in [2.24, 2.45) is 0 Å². The van der Waals surface area contributed by atoms with Crippen molar-refractivity contribution in [2.45, 2.75) is 44.2 Å². The first kappa shape index (κ1) is 18.1. The molecule has 0 saturated carbocycles. The molecule has 1 amide bonds. The summed E-state index contributed by atoms with van der Waals surface area (Å²) in [5, 5.41) is 11.1. The number of β-amino-alcohol motifs (C(OH)–C–C–N with tert-alkyl or cyclic N) is 1. The number of piperidine rings is 1. The molecular formula is C20H28ClN3O2. The summed E-state index contributed by atoms with van der Waals surface area (Å²) >= 11 is 6.47. The smallest absolute Gasteiger partial charge is 0.254 e. The highest BCUT2D eigenvalue weighted by atomic mass is 35.5. The predicted octanol–water partition coefficient (Wildman–Crippen LogP) is 2.61. The normalized spacial score (nSPS) is 27.3. The van der Waals surface area contributed by atoms with E-state index in [0.29, 0.717) is 23.7 Å². The van der Waals surface area contributed by atoms with Gasteiger partial charge in [-0.1, -0.05) is 18.0 Å². The molecule has 3 heterocycles. The Morgan fingerprint density at radius 2 is 1.69 bits per heavy atom. The van der Waals surface area contributed by atoms with Gasteiger partial charge in [-0.2, -0.15) is 0 Å². The highest BCUT2D eigenvalue weighted by Crippen LogP contribution is 2.30. The van der Waals surface area contributed by atoms with Crippen LogP contribution in [-0.4, -0.2) is 72.2 Å². The third-order valence-corrected chi connectivity index (χ3v) is 6.35. The molecule has 5 nitrogen and oxygen atoms in total. The fraction of sp³-hybridized carbons (Fsp3) is 0.650. The van der Waals surface area contributed by atoms with Gasteiger partial charge in [0.2, 0.25) is 0 Å². The molecular weight excluding hydrogens is 350 g/mol. The van der Waals surface area contributed by atoms with Gasteiger partial charge in [0.25, 0.3) is 5.91 Å². The van der Waals surface area contributed by atoms with Gasteiger partial charge in [0.1, 0.15) is 0 Å². The van der Waals surface area contributed by atoms with E-state index in [-0.39, 0.29) is 11.9 Å². The average Bonchev–Trinajstić information content (AvgIpc) is 3.31. The molecule has 3 fully saturated rings. The van der Waals surface area contributed by atoms with E-state index in [2.05, 4.69) is 9.80 Å². The number of benzene rings is 1. The second-order valence-electron chi connectivity index (χ2n) is 7.80. The average molecular weight is 378 g/mol. The first-order valence-electron chi connectivity index (χ1n) is 9.89. The number of nitrogens with zero attached hydrogens (tertiary/aromatic N) is 3. The van der Waals surface area contributed by atoms with E-state index in [1.165, 1.54) is 32.1 Å². The Morgan fingerprint density at radius 3 is 2.38 bits per heavy atom. The molecule has 1 aromatic rings. The van der Waals surface area contributed by atoms with Crippen LogP contribution < -0.4 is 4.90 Å². The molecule has 0 unspecified atom stereocenters. The number of amides is 1. The maximum absolute atomic E-state index is 12.9. The zero-order chi connectivity index (χ0) is 18.1. The summed E-state index contributed by atoms with van der Waals surface area (Å²) in [7, 11) is 0. The van der Waals surface area contributed by atoms with E-state index in [4.69, 9.17) is 11.6 Å². The molecule has 3 saturated heterocycles. The molecule has 2 atom stereocenters. The lowest BCUT2D eigenvalue weighted by molar-refractivity contribution is 0.0702. The number of halogens is 1. The van der Waals surface area contributed by atoms with Gasteiger partial charge in [-0.3, -0.25) is 9.69 Å². The molecule has 3 aliphatic rings. The zero-order valence-electron chi connectivity index (χ0n) is 15.2. The number of carbonyl (C=O) groups is 1. The Morgan fingerprint density at radius 1 is 1.00 bits per heavy atom. The second kappa shape index (κ2) is 7.75. The molecule has 142 valence electrons. The Labute approximate surface area is 160 Å². The molecule has 1 N–H and O–H groups in total. The van der Waals surface area contributed by atoms with Crippen LogP contribution in [0.25, 0.3) is 0 Å². The second-order valence-corrected chi connectivity index (χ2v) is 8.21. The largest absolute Gasteiger partial charge is 0.390 e. The van der Waals surface area contributed by atoms with Gasteiger partial charge < -0.3 is 14.9 Å². The lowest BCUT2D eigenvalue weighted by Crippen LogP contribution is -2.46. The molecule has 3 aliphatic heterocycles. The molecule has 0 aliphatic carbocycles. The Balaban J connectivity index is 1.45. The summed E-state index contributed by atoms with van der Waals surface area (Å²) in [6.07, 6.45) is 5.57. The Hall–Kier alpha value is -1.30. The molecule has 0 aromatic heterocycles. The van der Waals surface area contributed by atoms with Gasteiger partial charge in [0.15, 0.2) is 0 Å². The van der Waals surface area contributed by atoms with Crippen LogP contribution in [0.4, 0.5) is 5.69 Å². The lowest BCUT2D eigenvalue weighted by atomic mass is 10.1. The van der Waals surface area contributed by atoms with E-state index in [1.54, 1.807) is 11.0 Å². The number of hydrogen-bond acceptors (Lipinski definition) is 4. The summed E-state index contributed by atoms with van der Waals surface area (Å²) in [5.74, 6) is -0.0292. The van der Waals surface area contributed by atoms with Gasteiger partial charge in [-0.05, 0) is 57.0 Å². The van der Waals surface area contributed by atoms with E-state index in [1.807, 2.05) is 12.1 Å². The van der Waals surface area contributed by atoms with Crippen LogP contribution in [0, 0.1) is 0 Å². The highest BCUT2D eigenvalue weighted by Gasteiger charge is 2.38. The van der Waals surface area contributed by atoms with Crippen LogP contribution >= 0.6 is 11.6 Å². The Bertz CT molecular complexity index is 656. The summed E-state index contributed by atoms with van der Waals surface area (Å²) in [6.45, 7) is 5.13. The van der Waals surface area contributed by atoms with E-state index < -0.39 is 6.10 Å². The van der Waals surface area contributed by atoms with Gasteiger partial charge in [-0.25, -0.2) is 0 Å². The predicted molar refractivity (Wildman–Crippen MR) is 104 cm³/mol. The number of hydrogen-bond donors (Lipinski definition) is 1. The molecule has 0 spiro atoms. The standard InChI is InChI=1S/C20H28ClN3O2/c21-16-12-15(6-7-17(16)22-10-4-5-11-22)20(26)24-13-18(19(25)14-24)23-8-2-1-3-9-23/h6-7,12,18-19,25H,1-5,8-11,13-14H2/t18-,19-/m0/s1. The third-order valence-electron chi connectivity index (χ3n) is 6.05. The number of aliphatic hydroxyl groups excluding tert-OH is 1. The number of carbonyl (C=O) groups excluding carboxylic acids is 1. The molecule has 0 bridgehead atoms. The molecule has 4 rings (SSSR count). The number of likely N-dealkylation sites (tertiary alicyclic amines) is 2. The minimum absolute atomic E-state index is 0.0292. The summed E-state index contributed by atoms with van der Waals surface area (Å²) in [6, 6.07) is 5.70. The van der Waals surface area contributed by atoms with E-state index in [9.17, 15) is 9.90 Å². The summed E-state index contributed by atoms with van der Waals surface area (Å²) in [5.41, 5.74) is 1.64. The van der Waals surface area contributed by atoms with Crippen molar-refractivity contribution in [3.05, 3.63) is 28.8 Å². The number of anilines is 1. The maximum Gasteiger partial charge on any atom is 0.254 e. The first-order valence-corrected chi connectivity index (χ1v) is 10.3. The summed E-state index contributed by atoms with van der Waals surface area (Å²) in [4.78, 5) is 19.3. The van der Waals surface area contributed by atoms with Gasteiger partial charge in [0.05, 0.1) is 22.9 Å². The fourth-order valence-corrected chi connectivity index (χ4v) is 4.88. The number of rotatable bonds is 3. The van der Waals surface area contributed by atoms with Gasteiger partial charge in [0, 0.05) is 31.7 Å². The van der Waals surface area contributed by atoms with Crippen molar-refractivity contribution < 1.29 is 9.90 Å². The van der Waals surface area contributed by atoms with Crippen LogP contribution in [0.15, 0.2) is 18.2 Å². The lowest BCUT2D eigenvalue weighted by Gasteiger charge is -2.33. The van der Waals surface area contributed by atoms with Gasteiger partial charge >= 0.3 is 0 Å². The van der Waals surface area contributed by atoms with Crippen LogP contribution in [0.1, 0.15) is 42.5 Å². The third kappa shape index (κ3) is 3.57. The number of aliphatic hydroxyl groups is 1. The van der Waals surface area contributed by atoms with Crippen molar-refractivity contribution >= 4 is 23.2 Å². The maximum atomic E-state index is 12.9. The van der Waals surface area contributed by atoms with E-state index >= 15 is 0 Å². The monoisotopic (exact) mass is 377 g/mol. The topological polar surface area (TPSA) is 47.0 Å². The SMILES string of the molecule is O=C(c1ccc(N2CCCC2)c(Cl)c1)N1C[C@H](O)[C@@H](N2CCCCC2)C1. The van der Waals surface area contributed by atoms with Crippen molar-refractivity contribution in [1.82, 2.24) is 9.80 Å². The molecule has 6 heteroatoms. The minimum atomic E-state index is -0.462.